The number of nitrogens with zero attached hydrogens (tertiary/aromatic N) is 4. The number of aliphatic hydroxyl groups is 1. The van der Waals surface area contributed by atoms with Crippen molar-refractivity contribution in [2.75, 3.05) is 5.32 Å². The zero-order valence-corrected chi connectivity index (χ0v) is 13.8. The maximum absolute atomic E-state index is 9.78. The predicted molar refractivity (Wildman–Crippen MR) is 94.7 cm³/mol. The van der Waals surface area contributed by atoms with Gasteiger partial charge in [0.15, 0.2) is 5.65 Å². The molecule has 4 rings (SSSR count). The van der Waals surface area contributed by atoms with E-state index in [2.05, 4.69) is 26.5 Å². The first-order valence-corrected chi connectivity index (χ1v) is 8.26. The molecule has 0 aliphatic heterocycles. The molecule has 1 unspecified atom stereocenters. The molecule has 0 bridgehead atoms. The van der Waals surface area contributed by atoms with Crippen molar-refractivity contribution in [1.29, 1.82) is 0 Å². The highest BCUT2D eigenvalue weighted by Crippen LogP contribution is 2.29. The summed E-state index contributed by atoms with van der Waals surface area (Å²) in [6, 6.07) is 6.00. The third-order valence-corrected chi connectivity index (χ3v) is 4.42. The van der Waals surface area contributed by atoms with Crippen molar-refractivity contribution in [3.63, 3.8) is 0 Å². The van der Waals surface area contributed by atoms with Crippen LogP contribution in [0.4, 0.5) is 11.5 Å². The monoisotopic (exact) mass is 337 g/mol. The molecule has 1 aliphatic carbocycles. The highest BCUT2D eigenvalue weighted by molar-refractivity contribution is 6.04. The lowest BCUT2D eigenvalue weighted by Crippen LogP contribution is -2.07. The zero-order chi connectivity index (χ0) is 17.4. The Morgan fingerprint density at radius 2 is 2.24 bits per heavy atom. The van der Waals surface area contributed by atoms with E-state index in [-0.39, 0.29) is 0 Å². The summed E-state index contributed by atoms with van der Waals surface area (Å²) in [5, 5.41) is 25.6. The maximum Gasteiger partial charge on any atom is 0.157 e. The van der Waals surface area contributed by atoms with Crippen molar-refractivity contribution < 1.29 is 10.3 Å². The molecular weight excluding hydrogens is 318 g/mol. The first-order valence-electron chi connectivity index (χ1n) is 8.26. The van der Waals surface area contributed by atoms with Crippen LogP contribution in [0.15, 0.2) is 41.9 Å². The predicted octanol–water partition coefficient (Wildman–Crippen LogP) is 2.52. The summed E-state index contributed by atoms with van der Waals surface area (Å²) in [5.74, 6) is 0.826. The smallest absolute Gasteiger partial charge is 0.157 e. The summed E-state index contributed by atoms with van der Waals surface area (Å²) < 4.78 is 1.93. The molecule has 1 aromatic carbocycles. The summed E-state index contributed by atoms with van der Waals surface area (Å²) >= 11 is 0. The third-order valence-electron chi connectivity index (χ3n) is 4.42. The number of imidazole rings is 1. The SMILES string of the molecule is CC(O)Cc1nc2cnccn2c1Nc1ccc2c(c1)CC/C2=N\O. The Hall–Kier alpha value is -2.93. The molecule has 7 heteroatoms. The highest BCUT2D eigenvalue weighted by atomic mass is 16.4. The molecule has 25 heavy (non-hydrogen) atoms. The van der Waals surface area contributed by atoms with Gasteiger partial charge in [0, 0.05) is 30.1 Å². The molecule has 0 saturated heterocycles. The second-order valence-corrected chi connectivity index (χ2v) is 6.31. The van der Waals surface area contributed by atoms with Crippen molar-refractivity contribution in [3.05, 3.63) is 53.6 Å². The number of aryl methyl sites for hydroxylation is 1. The second-order valence-electron chi connectivity index (χ2n) is 6.31. The van der Waals surface area contributed by atoms with Gasteiger partial charge >= 0.3 is 0 Å². The van der Waals surface area contributed by atoms with Gasteiger partial charge in [0.05, 0.1) is 23.7 Å². The van der Waals surface area contributed by atoms with Crippen LogP contribution in [-0.4, -0.2) is 36.5 Å². The molecule has 0 radical (unpaired) electrons. The molecule has 0 amide bonds. The minimum Gasteiger partial charge on any atom is -0.411 e. The minimum atomic E-state index is -0.484. The normalized spacial score (nSPS) is 16.3. The molecule has 2 heterocycles. The lowest BCUT2D eigenvalue weighted by Gasteiger charge is -2.11. The van der Waals surface area contributed by atoms with Crippen molar-refractivity contribution in [3.8, 4) is 0 Å². The van der Waals surface area contributed by atoms with E-state index in [1.807, 2.05) is 22.7 Å². The summed E-state index contributed by atoms with van der Waals surface area (Å²) in [6.07, 6.45) is 6.84. The average Bonchev–Trinajstić information content (AvgIpc) is 3.16. The molecule has 2 aromatic heterocycles. The van der Waals surface area contributed by atoms with Crippen molar-refractivity contribution in [2.45, 2.75) is 32.3 Å². The first-order chi connectivity index (χ1) is 12.2. The topological polar surface area (TPSA) is 95.0 Å². The molecule has 3 N–H and O–H groups in total. The van der Waals surface area contributed by atoms with E-state index in [0.717, 1.165) is 52.5 Å². The zero-order valence-electron chi connectivity index (χ0n) is 13.8. The van der Waals surface area contributed by atoms with E-state index >= 15 is 0 Å². The van der Waals surface area contributed by atoms with Crippen molar-refractivity contribution >= 4 is 22.9 Å². The number of hydrogen-bond acceptors (Lipinski definition) is 6. The van der Waals surface area contributed by atoms with Crippen molar-refractivity contribution in [1.82, 2.24) is 14.4 Å². The molecule has 0 spiro atoms. The van der Waals surface area contributed by atoms with E-state index in [0.29, 0.717) is 6.42 Å². The van der Waals surface area contributed by atoms with Crippen LogP contribution in [0.3, 0.4) is 0 Å². The van der Waals surface area contributed by atoms with Crippen LogP contribution in [0, 0.1) is 0 Å². The van der Waals surface area contributed by atoms with E-state index in [4.69, 9.17) is 5.21 Å². The van der Waals surface area contributed by atoms with Gasteiger partial charge in [-0.1, -0.05) is 11.2 Å². The number of fused-ring (bicyclic) bond motifs is 2. The van der Waals surface area contributed by atoms with E-state index in [1.165, 1.54) is 0 Å². The van der Waals surface area contributed by atoms with Crippen LogP contribution >= 0.6 is 0 Å². The van der Waals surface area contributed by atoms with E-state index in [1.54, 1.807) is 19.3 Å². The van der Waals surface area contributed by atoms with Crippen LogP contribution < -0.4 is 5.32 Å². The maximum atomic E-state index is 9.78. The summed E-state index contributed by atoms with van der Waals surface area (Å²) in [6.45, 7) is 1.75. The summed E-state index contributed by atoms with van der Waals surface area (Å²) in [4.78, 5) is 8.68. The number of anilines is 2. The van der Waals surface area contributed by atoms with Gasteiger partial charge in [-0.3, -0.25) is 9.38 Å². The van der Waals surface area contributed by atoms with Gasteiger partial charge in [-0.15, -0.1) is 0 Å². The summed E-state index contributed by atoms with van der Waals surface area (Å²) in [7, 11) is 0. The lowest BCUT2D eigenvalue weighted by atomic mass is 10.1. The van der Waals surface area contributed by atoms with Crippen LogP contribution in [0.5, 0.6) is 0 Å². The Morgan fingerprint density at radius 3 is 3.04 bits per heavy atom. The minimum absolute atomic E-state index is 0.455. The van der Waals surface area contributed by atoms with Crippen LogP contribution in [0.2, 0.25) is 0 Å². The number of benzene rings is 1. The Labute approximate surface area is 144 Å². The number of rotatable bonds is 4. The van der Waals surface area contributed by atoms with Gasteiger partial charge in [0.1, 0.15) is 5.82 Å². The molecule has 1 atom stereocenters. The van der Waals surface area contributed by atoms with Gasteiger partial charge in [0.25, 0.3) is 0 Å². The Bertz CT molecular complexity index is 961. The number of nitrogens with one attached hydrogen (secondary N) is 1. The number of oxime groups is 1. The lowest BCUT2D eigenvalue weighted by molar-refractivity contribution is 0.194. The van der Waals surface area contributed by atoms with E-state index < -0.39 is 6.10 Å². The molecular formula is C18H19N5O2. The van der Waals surface area contributed by atoms with Gasteiger partial charge in [-0.05, 0) is 37.5 Å². The molecule has 7 nitrogen and oxygen atoms in total. The molecule has 3 aromatic rings. The summed E-state index contributed by atoms with van der Waals surface area (Å²) in [5.41, 5.74) is 5.35. The second kappa shape index (κ2) is 6.18. The van der Waals surface area contributed by atoms with Gasteiger partial charge in [-0.25, -0.2) is 4.98 Å². The highest BCUT2D eigenvalue weighted by Gasteiger charge is 2.19. The van der Waals surface area contributed by atoms with Gasteiger partial charge in [-0.2, -0.15) is 0 Å². The Morgan fingerprint density at radius 1 is 1.36 bits per heavy atom. The average molecular weight is 337 g/mol. The molecule has 128 valence electrons. The molecule has 0 saturated carbocycles. The van der Waals surface area contributed by atoms with Crippen LogP contribution in [0.1, 0.15) is 30.2 Å². The number of aromatic nitrogens is 3. The van der Waals surface area contributed by atoms with E-state index in [9.17, 15) is 5.11 Å². The Balaban J connectivity index is 1.73. The largest absolute Gasteiger partial charge is 0.411 e. The first kappa shape index (κ1) is 15.6. The molecule has 0 fully saturated rings. The van der Waals surface area contributed by atoms with Crippen LogP contribution in [-0.2, 0) is 12.8 Å². The fourth-order valence-electron chi connectivity index (χ4n) is 3.30. The standard InChI is InChI=1S/C18H19N5O2/c1-11(24)8-16-18(23-7-6-19-10-17(23)21-16)20-13-3-4-14-12(9-13)2-5-15(14)22-25/h3-4,6-7,9-11,20,24-25H,2,5,8H2,1H3/b22-15+. The molecule has 1 aliphatic rings. The quantitative estimate of drug-likeness (QED) is 0.502. The Kier molecular flexibility index (Phi) is 3.85. The van der Waals surface area contributed by atoms with Gasteiger partial charge in [0.2, 0.25) is 0 Å². The fourth-order valence-corrected chi connectivity index (χ4v) is 3.30. The van der Waals surface area contributed by atoms with Crippen LogP contribution in [0.25, 0.3) is 5.65 Å². The number of aliphatic hydroxyl groups excluding tert-OH is 1. The van der Waals surface area contributed by atoms with Gasteiger partial charge < -0.3 is 15.6 Å². The fraction of sp³-hybridized carbons (Fsp3) is 0.278. The third kappa shape index (κ3) is 2.83. The number of hydrogen-bond donors (Lipinski definition) is 3. The van der Waals surface area contributed by atoms with Crippen molar-refractivity contribution in [2.24, 2.45) is 5.16 Å².